The first-order chi connectivity index (χ1) is 13.6. The topological polar surface area (TPSA) is 18.5 Å². The van der Waals surface area contributed by atoms with Gasteiger partial charge in [0, 0.05) is 0 Å². The summed E-state index contributed by atoms with van der Waals surface area (Å²) in [7, 11) is 4.81. The summed E-state index contributed by atoms with van der Waals surface area (Å²) in [5.74, 6) is 0. The zero-order valence-electron chi connectivity index (χ0n) is 19.9. The summed E-state index contributed by atoms with van der Waals surface area (Å²) in [6.45, 7) is 15.4. The van der Waals surface area contributed by atoms with E-state index in [4.69, 9.17) is 9.47 Å². The molecule has 0 amide bonds. The van der Waals surface area contributed by atoms with Crippen molar-refractivity contribution >= 4 is 0 Å². The average molecular weight is 401 g/mol. The van der Waals surface area contributed by atoms with Crippen molar-refractivity contribution in [3.8, 4) is 0 Å². The highest BCUT2D eigenvalue weighted by atomic mass is 16.5. The minimum Gasteiger partial charge on any atom is -0.370 e. The van der Waals surface area contributed by atoms with Crippen molar-refractivity contribution in [3.63, 3.8) is 0 Å². The van der Waals surface area contributed by atoms with Crippen molar-refractivity contribution in [2.75, 3.05) is 79.8 Å². The number of hydrogen-bond donors (Lipinski definition) is 0. The molecule has 0 aromatic heterocycles. The Bertz CT molecular complexity index is 317. The Labute approximate surface area is 176 Å². The highest BCUT2D eigenvalue weighted by Crippen LogP contribution is 2.15. The summed E-state index contributed by atoms with van der Waals surface area (Å²) in [6.07, 6.45) is 14.3. The molecular weight excluding hydrogens is 348 g/mol. The number of hydrogen-bond acceptors (Lipinski definition) is 2. The number of rotatable bonds is 13. The van der Waals surface area contributed by atoms with E-state index in [0.717, 1.165) is 26.4 Å². The van der Waals surface area contributed by atoms with Crippen LogP contribution in [0.2, 0.25) is 0 Å². The minimum absolute atomic E-state index is 0.961. The SMILES string of the molecule is CC.C[N+]1(CCCCCCCCCCCC[N+]2(C)CCOCC2)CCOCC1. The molecule has 0 saturated carbocycles. The van der Waals surface area contributed by atoms with Gasteiger partial charge in [0.1, 0.15) is 26.2 Å². The van der Waals surface area contributed by atoms with E-state index >= 15 is 0 Å². The predicted octanol–water partition coefficient (Wildman–Crippen LogP) is 4.87. The Morgan fingerprint density at radius 3 is 1.00 bits per heavy atom. The highest BCUT2D eigenvalue weighted by Gasteiger charge is 2.25. The van der Waals surface area contributed by atoms with Gasteiger partial charge in [-0.2, -0.15) is 0 Å². The summed E-state index contributed by atoms with van der Waals surface area (Å²) in [4.78, 5) is 0. The quantitative estimate of drug-likeness (QED) is 0.324. The smallest absolute Gasteiger partial charge is 0.102 e. The molecular formula is C24H52N2O2+2. The standard InChI is InChI=1S/C22H46N2O2.C2H6/c1-23(15-19-25-20-16-23)13-11-9-7-5-3-4-6-8-10-12-14-24(2)17-21-26-22-18-24;1-2/h3-22H2,1-2H3;1-2H3/q+2;. The third-order valence-corrected chi connectivity index (χ3v) is 6.75. The van der Waals surface area contributed by atoms with E-state index in [1.165, 1.54) is 112 Å². The highest BCUT2D eigenvalue weighted by molar-refractivity contribution is 4.52. The van der Waals surface area contributed by atoms with Gasteiger partial charge in [0.2, 0.25) is 0 Å². The number of likely N-dealkylation sites (N-methyl/N-ethyl adjacent to an activating group) is 2. The molecule has 4 nitrogen and oxygen atoms in total. The maximum Gasteiger partial charge on any atom is 0.102 e. The van der Waals surface area contributed by atoms with Crippen LogP contribution in [0.15, 0.2) is 0 Å². The Kier molecular flexibility index (Phi) is 14.5. The molecule has 2 saturated heterocycles. The Hall–Kier alpha value is -0.160. The molecule has 0 aromatic rings. The van der Waals surface area contributed by atoms with E-state index in [2.05, 4.69) is 14.1 Å². The number of ether oxygens (including phenoxy) is 2. The van der Waals surface area contributed by atoms with Crippen LogP contribution in [-0.4, -0.2) is 88.8 Å². The predicted molar refractivity (Wildman–Crippen MR) is 121 cm³/mol. The molecule has 0 radical (unpaired) electrons. The van der Waals surface area contributed by atoms with E-state index in [1.807, 2.05) is 13.8 Å². The molecule has 0 N–H and O–H groups in total. The van der Waals surface area contributed by atoms with Crippen LogP contribution < -0.4 is 0 Å². The van der Waals surface area contributed by atoms with E-state index in [-0.39, 0.29) is 0 Å². The van der Waals surface area contributed by atoms with Crippen LogP contribution in [0.1, 0.15) is 78.1 Å². The minimum atomic E-state index is 0.961. The van der Waals surface area contributed by atoms with Crippen LogP contribution in [0.3, 0.4) is 0 Å². The first-order valence-corrected chi connectivity index (χ1v) is 12.4. The maximum atomic E-state index is 5.49. The summed E-state index contributed by atoms with van der Waals surface area (Å²) in [6, 6.07) is 0. The Morgan fingerprint density at radius 1 is 0.464 bits per heavy atom. The van der Waals surface area contributed by atoms with Crippen molar-refractivity contribution in [1.29, 1.82) is 0 Å². The molecule has 2 fully saturated rings. The van der Waals surface area contributed by atoms with Gasteiger partial charge in [0.15, 0.2) is 0 Å². The molecule has 0 unspecified atom stereocenters. The normalized spacial score (nSPS) is 21.0. The molecule has 0 atom stereocenters. The third-order valence-electron chi connectivity index (χ3n) is 6.75. The van der Waals surface area contributed by atoms with Gasteiger partial charge in [-0.3, -0.25) is 0 Å². The lowest BCUT2D eigenvalue weighted by molar-refractivity contribution is -0.917. The van der Waals surface area contributed by atoms with Gasteiger partial charge in [-0.25, -0.2) is 0 Å². The lowest BCUT2D eigenvalue weighted by Crippen LogP contribution is -2.52. The largest absolute Gasteiger partial charge is 0.370 e. The van der Waals surface area contributed by atoms with Crippen molar-refractivity contribution in [1.82, 2.24) is 0 Å². The van der Waals surface area contributed by atoms with Crippen molar-refractivity contribution in [2.24, 2.45) is 0 Å². The summed E-state index contributed by atoms with van der Waals surface area (Å²) in [5, 5.41) is 0. The van der Waals surface area contributed by atoms with Crippen LogP contribution in [0.25, 0.3) is 0 Å². The van der Waals surface area contributed by atoms with Gasteiger partial charge in [0.05, 0.1) is 53.6 Å². The monoisotopic (exact) mass is 400 g/mol. The molecule has 2 aliphatic heterocycles. The van der Waals surface area contributed by atoms with E-state index < -0.39 is 0 Å². The Balaban J connectivity index is 0.00000190. The fraction of sp³-hybridized carbons (Fsp3) is 1.00. The van der Waals surface area contributed by atoms with Gasteiger partial charge in [-0.1, -0.05) is 52.4 Å². The van der Waals surface area contributed by atoms with Crippen molar-refractivity contribution < 1.29 is 18.4 Å². The molecule has 28 heavy (non-hydrogen) atoms. The van der Waals surface area contributed by atoms with Crippen LogP contribution in [0.4, 0.5) is 0 Å². The fourth-order valence-electron chi connectivity index (χ4n) is 4.42. The van der Waals surface area contributed by atoms with Crippen molar-refractivity contribution in [3.05, 3.63) is 0 Å². The summed E-state index contributed by atoms with van der Waals surface area (Å²) < 4.78 is 13.5. The lowest BCUT2D eigenvalue weighted by Gasteiger charge is -2.37. The molecule has 2 heterocycles. The molecule has 0 spiro atoms. The molecule has 168 valence electrons. The fourth-order valence-corrected chi connectivity index (χ4v) is 4.42. The van der Waals surface area contributed by atoms with Gasteiger partial charge in [-0.15, -0.1) is 0 Å². The third kappa shape index (κ3) is 11.7. The zero-order valence-corrected chi connectivity index (χ0v) is 19.9. The molecule has 0 bridgehead atoms. The second kappa shape index (κ2) is 15.6. The second-order valence-corrected chi connectivity index (χ2v) is 9.34. The van der Waals surface area contributed by atoms with E-state index in [1.54, 1.807) is 0 Å². The maximum absolute atomic E-state index is 5.49. The number of unbranched alkanes of at least 4 members (excludes halogenated alkanes) is 9. The molecule has 2 rings (SSSR count). The lowest BCUT2D eigenvalue weighted by atomic mass is 10.1. The van der Waals surface area contributed by atoms with Crippen molar-refractivity contribution in [2.45, 2.75) is 78.1 Å². The van der Waals surface area contributed by atoms with Gasteiger partial charge in [-0.05, 0) is 25.7 Å². The van der Waals surface area contributed by atoms with Gasteiger partial charge >= 0.3 is 0 Å². The second-order valence-electron chi connectivity index (χ2n) is 9.34. The summed E-state index contributed by atoms with van der Waals surface area (Å²) in [5.41, 5.74) is 0. The first-order valence-electron chi connectivity index (χ1n) is 12.4. The number of quaternary nitrogens is 2. The Morgan fingerprint density at radius 2 is 0.714 bits per heavy atom. The summed E-state index contributed by atoms with van der Waals surface area (Å²) >= 11 is 0. The number of nitrogens with zero attached hydrogens (tertiary/aromatic N) is 2. The van der Waals surface area contributed by atoms with Gasteiger partial charge in [0.25, 0.3) is 0 Å². The van der Waals surface area contributed by atoms with Crippen LogP contribution in [0, 0.1) is 0 Å². The van der Waals surface area contributed by atoms with E-state index in [9.17, 15) is 0 Å². The molecule has 4 heteroatoms. The molecule has 0 aromatic carbocycles. The molecule has 2 aliphatic rings. The first kappa shape index (κ1) is 25.9. The average Bonchev–Trinajstić information content (AvgIpc) is 2.71. The van der Waals surface area contributed by atoms with E-state index in [0.29, 0.717) is 0 Å². The van der Waals surface area contributed by atoms with Gasteiger partial charge < -0.3 is 18.4 Å². The van der Waals surface area contributed by atoms with Crippen LogP contribution >= 0.6 is 0 Å². The number of morpholine rings is 2. The zero-order chi connectivity index (χ0) is 20.6. The van der Waals surface area contributed by atoms with Crippen LogP contribution in [0.5, 0.6) is 0 Å². The van der Waals surface area contributed by atoms with Crippen LogP contribution in [-0.2, 0) is 9.47 Å². The molecule has 0 aliphatic carbocycles.